The minimum atomic E-state index is 0.685. The van der Waals surface area contributed by atoms with E-state index >= 15 is 0 Å². The molecule has 0 saturated carbocycles. The van der Waals surface area contributed by atoms with Gasteiger partial charge in [-0.25, -0.2) is 0 Å². The highest BCUT2D eigenvalue weighted by atomic mass is 79.9. The van der Waals surface area contributed by atoms with Crippen molar-refractivity contribution < 1.29 is 4.74 Å². The number of benzene rings is 1. The maximum absolute atomic E-state index is 5.33. The molecule has 0 spiro atoms. The molecule has 19 heavy (non-hydrogen) atoms. The summed E-state index contributed by atoms with van der Waals surface area (Å²) in [5, 5.41) is 3.62. The highest BCUT2D eigenvalue weighted by molar-refractivity contribution is 9.10. The standard InChI is InChI=1S/C15H23BrN2O/c1-3-6-17-13-4-7-18(8-5-13)14-9-12(16)10-15(11-14)19-2/h9-11,13,17H,3-8H2,1-2H3. The first-order valence-electron chi connectivity index (χ1n) is 7.06. The average molecular weight is 327 g/mol. The van der Waals surface area contributed by atoms with Gasteiger partial charge < -0.3 is 15.0 Å². The third-order valence-corrected chi connectivity index (χ3v) is 4.09. The van der Waals surface area contributed by atoms with E-state index in [0.29, 0.717) is 6.04 Å². The Hall–Kier alpha value is -0.740. The van der Waals surface area contributed by atoms with Crippen LogP contribution in [-0.2, 0) is 0 Å². The monoisotopic (exact) mass is 326 g/mol. The minimum Gasteiger partial charge on any atom is -0.497 e. The second-order valence-corrected chi connectivity index (χ2v) is 5.98. The summed E-state index contributed by atoms with van der Waals surface area (Å²) < 4.78 is 6.41. The van der Waals surface area contributed by atoms with Crippen molar-refractivity contribution in [2.24, 2.45) is 0 Å². The molecule has 0 radical (unpaired) electrons. The van der Waals surface area contributed by atoms with E-state index in [2.05, 4.69) is 45.2 Å². The lowest BCUT2D eigenvalue weighted by Gasteiger charge is -2.34. The van der Waals surface area contributed by atoms with Crippen LogP contribution in [0.5, 0.6) is 5.75 Å². The van der Waals surface area contributed by atoms with E-state index in [4.69, 9.17) is 4.74 Å². The number of halogens is 1. The maximum Gasteiger partial charge on any atom is 0.122 e. The highest BCUT2D eigenvalue weighted by Gasteiger charge is 2.19. The van der Waals surface area contributed by atoms with Gasteiger partial charge in [0.05, 0.1) is 7.11 Å². The Bertz CT molecular complexity index is 403. The van der Waals surface area contributed by atoms with E-state index in [0.717, 1.165) is 29.9 Å². The summed E-state index contributed by atoms with van der Waals surface area (Å²) in [7, 11) is 1.71. The minimum absolute atomic E-state index is 0.685. The van der Waals surface area contributed by atoms with E-state index in [1.54, 1.807) is 7.11 Å². The van der Waals surface area contributed by atoms with Gasteiger partial charge in [0.1, 0.15) is 5.75 Å². The fourth-order valence-corrected chi connectivity index (χ4v) is 3.00. The summed E-state index contributed by atoms with van der Waals surface area (Å²) in [6.45, 7) is 5.58. The molecule has 1 heterocycles. The molecule has 1 fully saturated rings. The van der Waals surface area contributed by atoms with Crippen molar-refractivity contribution in [1.29, 1.82) is 0 Å². The number of ether oxygens (including phenoxy) is 1. The number of anilines is 1. The lowest BCUT2D eigenvalue weighted by Crippen LogP contribution is -2.42. The van der Waals surface area contributed by atoms with Crippen molar-refractivity contribution in [3.8, 4) is 5.75 Å². The predicted octanol–water partition coefficient (Wildman–Crippen LogP) is 3.43. The first-order chi connectivity index (χ1) is 9.22. The summed E-state index contributed by atoms with van der Waals surface area (Å²) >= 11 is 3.55. The lowest BCUT2D eigenvalue weighted by atomic mass is 10.0. The van der Waals surface area contributed by atoms with E-state index in [1.165, 1.54) is 24.9 Å². The van der Waals surface area contributed by atoms with Crippen LogP contribution >= 0.6 is 15.9 Å². The number of hydrogen-bond acceptors (Lipinski definition) is 3. The quantitative estimate of drug-likeness (QED) is 0.897. The van der Waals surface area contributed by atoms with Gasteiger partial charge in [-0.1, -0.05) is 22.9 Å². The Morgan fingerprint density at radius 1 is 1.32 bits per heavy atom. The van der Waals surface area contributed by atoms with Crippen LogP contribution in [0.15, 0.2) is 22.7 Å². The van der Waals surface area contributed by atoms with Crippen molar-refractivity contribution in [2.75, 3.05) is 31.6 Å². The number of methoxy groups -OCH3 is 1. The van der Waals surface area contributed by atoms with Crippen LogP contribution in [0, 0.1) is 0 Å². The number of nitrogens with zero attached hydrogens (tertiary/aromatic N) is 1. The summed E-state index contributed by atoms with van der Waals surface area (Å²) in [6.07, 6.45) is 3.65. The number of nitrogens with one attached hydrogen (secondary N) is 1. The molecular weight excluding hydrogens is 304 g/mol. The molecule has 0 unspecified atom stereocenters. The average Bonchev–Trinajstić information content (AvgIpc) is 2.45. The van der Waals surface area contributed by atoms with Gasteiger partial charge >= 0.3 is 0 Å². The van der Waals surface area contributed by atoms with E-state index in [-0.39, 0.29) is 0 Å². The van der Waals surface area contributed by atoms with Crippen molar-refractivity contribution in [3.05, 3.63) is 22.7 Å². The van der Waals surface area contributed by atoms with Crippen LogP contribution in [0.25, 0.3) is 0 Å². The molecule has 0 bridgehead atoms. The van der Waals surface area contributed by atoms with Crippen molar-refractivity contribution in [2.45, 2.75) is 32.2 Å². The first-order valence-corrected chi connectivity index (χ1v) is 7.85. The van der Waals surface area contributed by atoms with Gasteiger partial charge in [0.15, 0.2) is 0 Å². The topological polar surface area (TPSA) is 24.5 Å². The molecule has 4 heteroatoms. The van der Waals surface area contributed by atoms with Crippen LogP contribution < -0.4 is 15.0 Å². The SMILES string of the molecule is CCCNC1CCN(c2cc(Br)cc(OC)c2)CC1. The second kappa shape index (κ2) is 7.15. The Balaban J connectivity index is 1.95. The summed E-state index contributed by atoms with van der Waals surface area (Å²) in [6, 6.07) is 6.97. The lowest BCUT2D eigenvalue weighted by molar-refractivity contribution is 0.409. The molecule has 1 saturated heterocycles. The largest absolute Gasteiger partial charge is 0.497 e. The normalized spacial score (nSPS) is 16.7. The third-order valence-electron chi connectivity index (χ3n) is 3.63. The van der Waals surface area contributed by atoms with Gasteiger partial charge in [0.25, 0.3) is 0 Å². The summed E-state index contributed by atoms with van der Waals surface area (Å²) in [4.78, 5) is 2.44. The second-order valence-electron chi connectivity index (χ2n) is 5.06. The van der Waals surface area contributed by atoms with E-state index in [9.17, 15) is 0 Å². The fraction of sp³-hybridized carbons (Fsp3) is 0.600. The summed E-state index contributed by atoms with van der Waals surface area (Å²) in [5.74, 6) is 0.913. The van der Waals surface area contributed by atoms with Gasteiger partial charge in [-0.3, -0.25) is 0 Å². The van der Waals surface area contributed by atoms with Gasteiger partial charge in [-0.2, -0.15) is 0 Å². The molecule has 3 nitrogen and oxygen atoms in total. The zero-order chi connectivity index (χ0) is 13.7. The smallest absolute Gasteiger partial charge is 0.122 e. The molecule has 1 aliphatic rings. The highest BCUT2D eigenvalue weighted by Crippen LogP contribution is 2.29. The molecular formula is C15H23BrN2O. The van der Waals surface area contributed by atoms with Crippen molar-refractivity contribution >= 4 is 21.6 Å². The van der Waals surface area contributed by atoms with Gasteiger partial charge in [0, 0.05) is 35.4 Å². The molecule has 2 rings (SSSR count). The Morgan fingerprint density at radius 3 is 2.68 bits per heavy atom. The molecule has 1 N–H and O–H groups in total. The van der Waals surface area contributed by atoms with Crippen molar-refractivity contribution in [3.63, 3.8) is 0 Å². The van der Waals surface area contributed by atoms with Gasteiger partial charge in [-0.05, 0) is 37.9 Å². The van der Waals surface area contributed by atoms with Crippen LogP contribution in [0.3, 0.4) is 0 Å². The molecule has 0 aromatic heterocycles. The Morgan fingerprint density at radius 2 is 2.05 bits per heavy atom. The molecule has 0 amide bonds. The first kappa shape index (κ1) is 14.7. The molecule has 1 aromatic carbocycles. The van der Waals surface area contributed by atoms with Crippen molar-refractivity contribution in [1.82, 2.24) is 5.32 Å². The van der Waals surface area contributed by atoms with Crippen LogP contribution in [0.1, 0.15) is 26.2 Å². The maximum atomic E-state index is 5.33. The number of hydrogen-bond donors (Lipinski definition) is 1. The fourth-order valence-electron chi connectivity index (χ4n) is 2.54. The zero-order valence-electron chi connectivity index (χ0n) is 11.8. The predicted molar refractivity (Wildman–Crippen MR) is 84.2 cm³/mol. The number of piperidine rings is 1. The molecule has 0 aliphatic carbocycles. The Kier molecular flexibility index (Phi) is 5.52. The van der Waals surface area contributed by atoms with Crippen LogP contribution in [-0.4, -0.2) is 32.8 Å². The Labute approximate surface area is 124 Å². The summed E-state index contributed by atoms with van der Waals surface area (Å²) in [5.41, 5.74) is 1.25. The number of rotatable bonds is 5. The van der Waals surface area contributed by atoms with Crippen LogP contribution in [0.4, 0.5) is 5.69 Å². The molecule has 0 atom stereocenters. The van der Waals surface area contributed by atoms with Gasteiger partial charge in [0.2, 0.25) is 0 Å². The third kappa shape index (κ3) is 4.11. The van der Waals surface area contributed by atoms with Crippen LogP contribution in [0.2, 0.25) is 0 Å². The van der Waals surface area contributed by atoms with E-state index < -0.39 is 0 Å². The zero-order valence-corrected chi connectivity index (χ0v) is 13.4. The van der Waals surface area contributed by atoms with Gasteiger partial charge in [-0.15, -0.1) is 0 Å². The molecule has 1 aromatic rings. The molecule has 1 aliphatic heterocycles. The molecule has 106 valence electrons. The van der Waals surface area contributed by atoms with E-state index in [1.807, 2.05) is 6.07 Å².